The monoisotopic (exact) mass is 650 g/mol. The maximum atomic E-state index is 13.5. The second kappa shape index (κ2) is 11.9. The van der Waals surface area contributed by atoms with Gasteiger partial charge in [-0.2, -0.15) is 8.42 Å². The molecule has 4 aliphatic rings. The van der Waals surface area contributed by atoms with Crippen LogP contribution in [0.2, 0.25) is 0 Å². The van der Waals surface area contributed by atoms with Gasteiger partial charge < -0.3 is 18.9 Å². The Morgan fingerprint density at radius 1 is 0.978 bits per heavy atom. The predicted molar refractivity (Wildman–Crippen MR) is 154 cm³/mol. The molecular formula is C32H33F3O9S. The fourth-order valence-corrected chi connectivity index (χ4v) is 7.45. The lowest BCUT2D eigenvalue weighted by Crippen LogP contribution is -2.60. The molecule has 0 spiro atoms. The number of hydrogen-bond donors (Lipinski definition) is 1. The number of carbonyl (C=O) groups is 2. The topological polar surface area (TPSA) is 125 Å². The summed E-state index contributed by atoms with van der Waals surface area (Å²) in [7, 11) is -4.31. The number of carbonyl (C=O) groups excluding carboxylic acids is 2. The molecule has 1 N–H and O–H groups in total. The Bertz CT molecular complexity index is 1610. The Morgan fingerprint density at radius 3 is 2.27 bits per heavy atom. The van der Waals surface area contributed by atoms with E-state index in [4.69, 9.17) is 18.8 Å². The van der Waals surface area contributed by atoms with Crippen molar-refractivity contribution in [3.8, 4) is 23.3 Å². The first-order valence-electron chi connectivity index (χ1n) is 14.5. The fraction of sp³-hybridized carbons (Fsp3) is 0.500. The van der Waals surface area contributed by atoms with Crippen molar-refractivity contribution >= 4 is 22.1 Å². The van der Waals surface area contributed by atoms with Crippen molar-refractivity contribution in [2.75, 3.05) is 12.4 Å². The van der Waals surface area contributed by atoms with Crippen LogP contribution < -0.4 is 9.47 Å². The zero-order chi connectivity index (χ0) is 32.7. The maximum absolute atomic E-state index is 13.5. The van der Waals surface area contributed by atoms with Gasteiger partial charge in [0.2, 0.25) is 0 Å². The number of ether oxygens (including phenoxy) is 4. The van der Waals surface area contributed by atoms with Crippen LogP contribution in [0.4, 0.5) is 13.2 Å². The van der Waals surface area contributed by atoms with E-state index in [1.807, 2.05) is 6.07 Å². The van der Waals surface area contributed by atoms with Gasteiger partial charge in [0.05, 0.1) is 11.0 Å². The summed E-state index contributed by atoms with van der Waals surface area (Å²) in [5, 5.41) is 0. The van der Waals surface area contributed by atoms with Crippen LogP contribution in [0.15, 0.2) is 48.5 Å². The third kappa shape index (κ3) is 8.10. The van der Waals surface area contributed by atoms with Crippen molar-refractivity contribution in [3.63, 3.8) is 0 Å². The highest BCUT2D eigenvalue weighted by Gasteiger charge is 2.63. The van der Waals surface area contributed by atoms with Gasteiger partial charge in [-0.05, 0) is 88.1 Å². The van der Waals surface area contributed by atoms with E-state index >= 15 is 0 Å². The van der Waals surface area contributed by atoms with Crippen molar-refractivity contribution < 1.29 is 54.7 Å². The molecule has 2 unspecified atom stereocenters. The largest absolute Gasteiger partial charge is 0.573 e. The first-order valence-corrected chi connectivity index (χ1v) is 16.1. The van der Waals surface area contributed by atoms with Crippen molar-refractivity contribution in [3.05, 3.63) is 59.7 Å². The zero-order valence-corrected chi connectivity index (χ0v) is 25.5. The summed E-state index contributed by atoms with van der Waals surface area (Å²) in [6, 6.07) is 12.2. The molecule has 2 aromatic carbocycles. The second-order valence-electron chi connectivity index (χ2n) is 12.7. The van der Waals surface area contributed by atoms with Gasteiger partial charge in [-0.1, -0.05) is 30.0 Å². The fourth-order valence-electron chi connectivity index (χ4n) is 7.15. The molecule has 0 heterocycles. The van der Waals surface area contributed by atoms with Crippen LogP contribution >= 0.6 is 0 Å². The molecule has 4 saturated carbocycles. The van der Waals surface area contributed by atoms with E-state index in [1.165, 1.54) is 0 Å². The predicted octanol–water partition coefficient (Wildman–Crippen LogP) is 5.72. The van der Waals surface area contributed by atoms with E-state index in [1.54, 1.807) is 38.1 Å². The summed E-state index contributed by atoms with van der Waals surface area (Å²) >= 11 is 0. The number of rotatable bonds is 9. The molecule has 2 aromatic rings. The average molecular weight is 651 g/mol. The van der Waals surface area contributed by atoms with E-state index in [9.17, 15) is 31.2 Å². The van der Waals surface area contributed by atoms with E-state index < -0.39 is 63.1 Å². The Morgan fingerprint density at radius 2 is 1.64 bits per heavy atom. The van der Waals surface area contributed by atoms with Crippen molar-refractivity contribution in [2.45, 2.75) is 69.9 Å². The minimum absolute atomic E-state index is 0.0682. The number of hydrogen-bond acceptors (Lipinski definition) is 8. The van der Waals surface area contributed by atoms with E-state index in [2.05, 4.69) is 16.6 Å². The number of benzene rings is 2. The normalized spacial score (nSPS) is 25.6. The Kier molecular flexibility index (Phi) is 8.61. The first-order chi connectivity index (χ1) is 20.9. The highest BCUT2D eigenvalue weighted by molar-refractivity contribution is 7.85. The highest BCUT2D eigenvalue weighted by atomic mass is 32.2. The Labute approximate surface area is 259 Å². The standard InChI is InChI=1S/C32H33F3O9S/c1-29(2,11-10-21-6-4-3-5-7-21)42-26-15-24(8-9-25(26)43-32(33,34)35)27(36)44-31-18-22-14-23(19-31)17-30(16-22,20-31)28(37)41-12-13-45(38,39)40/h3-9,15,22-23H,12-14,16-20H2,1-2H3,(H,38,39,40). The van der Waals surface area contributed by atoms with Crippen LogP contribution in [0.3, 0.4) is 0 Å². The lowest BCUT2D eigenvalue weighted by atomic mass is 9.48. The van der Waals surface area contributed by atoms with Gasteiger partial charge in [-0.25, -0.2) is 4.79 Å². The van der Waals surface area contributed by atoms with Crippen LogP contribution in [0.5, 0.6) is 11.5 Å². The molecule has 0 amide bonds. The molecular weight excluding hydrogens is 617 g/mol. The number of esters is 2. The minimum Gasteiger partial charge on any atom is -0.471 e. The highest BCUT2D eigenvalue weighted by Crippen LogP contribution is 2.63. The molecule has 13 heteroatoms. The molecule has 4 aliphatic carbocycles. The molecule has 0 aromatic heterocycles. The molecule has 0 saturated heterocycles. The summed E-state index contributed by atoms with van der Waals surface area (Å²) in [6.07, 6.45) is -1.97. The van der Waals surface area contributed by atoms with Gasteiger partial charge in [0.25, 0.3) is 10.1 Å². The van der Waals surface area contributed by atoms with Gasteiger partial charge in [0.15, 0.2) is 17.1 Å². The summed E-state index contributed by atoms with van der Waals surface area (Å²) in [5.74, 6) is 2.80. The molecule has 4 bridgehead atoms. The van der Waals surface area contributed by atoms with Crippen LogP contribution in [0, 0.1) is 29.1 Å². The van der Waals surface area contributed by atoms with Crippen molar-refractivity contribution in [2.24, 2.45) is 17.3 Å². The zero-order valence-electron chi connectivity index (χ0n) is 24.7. The maximum Gasteiger partial charge on any atom is 0.573 e. The van der Waals surface area contributed by atoms with Gasteiger partial charge in [-0.3, -0.25) is 9.35 Å². The van der Waals surface area contributed by atoms with Gasteiger partial charge in [0.1, 0.15) is 18.0 Å². The molecule has 6 rings (SSSR count). The van der Waals surface area contributed by atoms with E-state index in [0.717, 1.165) is 24.6 Å². The molecule has 2 atom stereocenters. The number of halogens is 3. The molecule has 4 fully saturated rings. The molecule has 0 aliphatic heterocycles. The smallest absolute Gasteiger partial charge is 0.471 e. The van der Waals surface area contributed by atoms with Gasteiger partial charge >= 0.3 is 18.3 Å². The van der Waals surface area contributed by atoms with Crippen LogP contribution in [-0.4, -0.2) is 54.8 Å². The minimum atomic E-state index is -5.02. The quantitative estimate of drug-likeness (QED) is 0.206. The Hall–Kier alpha value is -3.76. The first kappa shape index (κ1) is 32.6. The average Bonchev–Trinajstić information content (AvgIpc) is 2.91. The van der Waals surface area contributed by atoms with E-state index in [0.29, 0.717) is 31.2 Å². The lowest BCUT2D eigenvalue weighted by Gasteiger charge is -2.59. The van der Waals surface area contributed by atoms with Crippen LogP contribution in [0.1, 0.15) is 68.3 Å². The summed E-state index contributed by atoms with van der Waals surface area (Å²) < 4.78 is 92.2. The second-order valence-corrected chi connectivity index (χ2v) is 14.2. The van der Waals surface area contributed by atoms with Crippen LogP contribution in [0.25, 0.3) is 0 Å². The van der Waals surface area contributed by atoms with Crippen LogP contribution in [-0.2, 0) is 24.4 Å². The van der Waals surface area contributed by atoms with E-state index in [-0.39, 0.29) is 29.6 Å². The summed E-state index contributed by atoms with van der Waals surface area (Å²) in [5.41, 5.74) is -2.67. The van der Waals surface area contributed by atoms with Crippen molar-refractivity contribution in [1.82, 2.24) is 0 Å². The third-order valence-electron chi connectivity index (χ3n) is 8.38. The molecule has 9 nitrogen and oxygen atoms in total. The SMILES string of the molecule is CC(C)(C#Cc1ccccc1)Oc1cc(C(=O)OC23CC4CC(C2)CC(C(=O)OCCS(=O)(=O)O)(C4)C3)ccc1OC(F)(F)F. The summed E-state index contributed by atoms with van der Waals surface area (Å²) in [6.45, 7) is 2.63. The third-order valence-corrected chi connectivity index (χ3v) is 9.06. The molecule has 45 heavy (non-hydrogen) atoms. The van der Waals surface area contributed by atoms with Crippen molar-refractivity contribution in [1.29, 1.82) is 0 Å². The molecule has 242 valence electrons. The lowest BCUT2D eigenvalue weighted by molar-refractivity contribution is -0.275. The molecule has 0 radical (unpaired) electrons. The number of alkyl halides is 3. The van der Waals surface area contributed by atoms with Gasteiger partial charge in [0, 0.05) is 12.0 Å². The summed E-state index contributed by atoms with van der Waals surface area (Å²) in [4.78, 5) is 26.7. The van der Waals surface area contributed by atoms with Gasteiger partial charge in [-0.15, -0.1) is 13.2 Å². The Balaban J connectivity index is 1.36.